The number of carbonyl (C=O) groups is 1. The molecule has 0 aliphatic rings. The Hall–Kier alpha value is -4.07. The van der Waals surface area contributed by atoms with Crippen molar-refractivity contribution in [3.63, 3.8) is 0 Å². The summed E-state index contributed by atoms with van der Waals surface area (Å²) in [6.45, 7) is -0.298. The average molecular weight is 562 g/mol. The summed E-state index contributed by atoms with van der Waals surface area (Å²) in [7, 11) is -1.58. The molecule has 2 aromatic carbocycles. The summed E-state index contributed by atoms with van der Waals surface area (Å²) in [6, 6.07) is 9.13. The molecule has 4 aromatic rings. The highest BCUT2D eigenvalue weighted by Gasteiger charge is 2.22. The van der Waals surface area contributed by atoms with Crippen LogP contribution in [0.2, 0.25) is 5.02 Å². The third-order valence-electron chi connectivity index (χ3n) is 5.55. The quantitative estimate of drug-likeness (QED) is 0.296. The van der Waals surface area contributed by atoms with E-state index in [4.69, 9.17) is 16.3 Å². The molecular formula is C24H21ClFN5O6S. The van der Waals surface area contributed by atoms with Gasteiger partial charge in [0.1, 0.15) is 16.4 Å². The van der Waals surface area contributed by atoms with Crippen molar-refractivity contribution in [2.45, 2.75) is 17.5 Å². The minimum Gasteiger partial charge on any atom is -0.480 e. The van der Waals surface area contributed by atoms with Crippen LogP contribution < -0.4 is 20.3 Å². The first-order chi connectivity index (χ1) is 18.0. The zero-order valence-electron chi connectivity index (χ0n) is 20.0. The predicted molar refractivity (Wildman–Crippen MR) is 138 cm³/mol. The summed E-state index contributed by atoms with van der Waals surface area (Å²) >= 11 is 5.94. The molecule has 38 heavy (non-hydrogen) atoms. The molecule has 0 aliphatic carbocycles. The smallest absolute Gasteiger partial charge is 0.263 e. The molecular weight excluding hydrogens is 541 g/mol. The number of amides is 1. The lowest BCUT2D eigenvalue weighted by atomic mass is 10.1. The number of nitrogens with zero attached hydrogens (tertiary/aromatic N) is 3. The van der Waals surface area contributed by atoms with Crippen molar-refractivity contribution >= 4 is 44.1 Å². The van der Waals surface area contributed by atoms with Crippen LogP contribution in [-0.2, 0) is 21.4 Å². The summed E-state index contributed by atoms with van der Waals surface area (Å²) in [4.78, 5) is 32.7. The van der Waals surface area contributed by atoms with Gasteiger partial charge in [0.25, 0.3) is 15.6 Å². The molecule has 14 heteroatoms. The number of hydrogen-bond donors (Lipinski definition) is 3. The number of nitrogens with one attached hydrogen (secondary N) is 2. The Kier molecular flexibility index (Phi) is 7.62. The largest absolute Gasteiger partial charge is 0.480 e. The molecule has 0 bridgehead atoms. The standard InChI is InChI=1S/C24H21ClFN5O6S/c1-27-22(33)20(32)11-31-12-29-18-5-3-13(7-16(18)24(31)34)14-8-19(23(37-2)28-10-14)30-38(35,36)21-6-4-15(26)9-17(21)25/h3-10,12,20,30,32H,11H2,1-2H3,(H,27,33)/t20-/m0/s1. The molecule has 2 heterocycles. The van der Waals surface area contributed by atoms with E-state index in [-0.39, 0.29) is 33.4 Å². The lowest BCUT2D eigenvalue weighted by molar-refractivity contribution is -0.129. The zero-order chi connectivity index (χ0) is 27.6. The number of aliphatic hydroxyl groups is 1. The second-order valence-electron chi connectivity index (χ2n) is 8.03. The van der Waals surface area contributed by atoms with Crippen molar-refractivity contribution in [2.24, 2.45) is 0 Å². The number of aromatic nitrogens is 3. The molecule has 0 fully saturated rings. The minimum atomic E-state index is -4.25. The first-order valence-electron chi connectivity index (χ1n) is 10.9. The van der Waals surface area contributed by atoms with Gasteiger partial charge in [0, 0.05) is 18.8 Å². The number of likely N-dealkylation sites (N-methyl/N-ethyl adjacent to an activating group) is 1. The van der Waals surface area contributed by atoms with Gasteiger partial charge >= 0.3 is 0 Å². The first kappa shape index (κ1) is 27.0. The Labute approximate surface area is 220 Å². The molecule has 0 saturated carbocycles. The van der Waals surface area contributed by atoms with Gasteiger partial charge in [-0.1, -0.05) is 17.7 Å². The molecule has 0 unspecified atom stereocenters. The molecule has 0 radical (unpaired) electrons. The Morgan fingerprint density at radius 2 is 1.95 bits per heavy atom. The number of fused-ring (bicyclic) bond motifs is 1. The number of halogens is 2. The van der Waals surface area contributed by atoms with Crippen LogP contribution in [0.4, 0.5) is 10.1 Å². The topological polar surface area (TPSA) is 153 Å². The molecule has 198 valence electrons. The Morgan fingerprint density at radius 1 is 1.18 bits per heavy atom. The first-order valence-corrected chi connectivity index (χ1v) is 12.8. The molecule has 0 saturated heterocycles. The van der Waals surface area contributed by atoms with Gasteiger partial charge in [-0.3, -0.25) is 18.9 Å². The number of pyridine rings is 1. The number of rotatable bonds is 8. The van der Waals surface area contributed by atoms with Crippen LogP contribution in [0.5, 0.6) is 5.88 Å². The van der Waals surface area contributed by atoms with Crippen LogP contribution >= 0.6 is 11.6 Å². The maximum absolute atomic E-state index is 13.4. The van der Waals surface area contributed by atoms with E-state index in [1.807, 2.05) is 0 Å². The Balaban J connectivity index is 1.73. The molecule has 2 aromatic heterocycles. The van der Waals surface area contributed by atoms with E-state index >= 15 is 0 Å². The van der Waals surface area contributed by atoms with Crippen molar-refractivity contribution in [2.75, 3.05) is 18.9 Å². The summed E-state index contributed by atoms with van der Waals surface area (Å²) < 4.78 is 48.0. The van der Waals surface area contributed by atoms with Crippen LogP contribution in [0.25, 0.3) is 22.0 Å². The van der Waals surface area contributed by atoms with Crippen molar-refractivity contribution in [1.29, 1.82) is 0 Å². The molecule has 0 spiro atoms. The van der Waals surface area contributed by atoms with Gasteiger partial charge in [-0.05, 0) is 42.0 Å². The van der Waals surface area contributed by atoms with E-state index in [1.54, 1.807) is 12.1 Å². The van der Waals surface area contributed by atoms with E-state index in [1.165, 1.54) is 38.8 Å². The third kappa shape index (κ3) is 5.44. The number of aliphatic hydroxyl groups excluding tert-OH is 1. The molecule has 1 atom stereocenters. The summed E-state index contributed by atoms with van der Waals surface area (Å²) in [5.41, 5.74) is 0.779. The minimum absolute atomic E-state index is 0.0252. The molecule has 3 N–H and O–H groups in total. The predicted octanol–water partition coefficient (Wildman–Crippen LogP) is 2.17. The van der Waals surface area contributed by atoms with Gasteiger partial charge in [0.15, 0.2) is 6.10 Å². The summed E-state index contributed by atoms with van der Waals surface area (Å²) in [5, 5.41) is 12.2. The third-order valence-corrected chi connectivity index (χ3v) is 7.40. The molecule has 11 nitrogen and oxygen atoms in total. The highest BCUT2D eigenvalue weighted by Crippen LogP contribution is 2.32. The van der Waals surface area contributed by atoms with E-state index in [0.29, 0.717) is 16.6 Å². The SMILES string of the molecule is CNC(=O)[C@@H](O)Cn1cnc2ccc(-c3cnc(OC)c(NS(=O)(=O)c4ccc(F)cc4Cl)c3)cc2c1=O. The van der Waals surface area contributed by atoms with E-state index < -0.39 is 33.4 Å². The molecule has 4 rings (SSSR count). The molecule has 0 aliphatic heterocycles. The lowest BCUT2D eigenvalue weighted by Crippen LogP contribution is -2.37. The number of ether oxygens (including phenoxy) is 1. The van der Waals surface area contributed by atoms with Gasteiger partial charge in [0.05, 0.1) is 35.9 Å². The normalized spacial score (nSPS) is 12.2. The number of hydrogen-bond acceptors (Lipinski definition) is 8. The number of anilines is 1. The number of methoxy groups -OCH3 is 1. The second kappa shape index (κ2) is 10.7. The van der Waals surface area contributed by atoms with Gasteiger partial charge in [-0.15, -0.1) is 0 Å². The average Bonchev–Trinajstić information content (AvgIpc) is 2.89. The van der Waals surface area contributed by atoms with Crippen molar-refractivity contribution in [3.05, 3.63) is 76.2 Å². The summed E-state index contributed by atoms with van der Waals surface area (Å²) in [6.07, 6.45) is 1.21. The fourth-order valence-corrected chi connectivity index (χ4v) is 5.22. The van der Waals surface area contributed by atoms with Gasteiger partial charge in [0.2, 0.25) is 11.8 Å². The van der Waals surface area contributed by atoms with Crippen molar-refractivity contribution < 1.29 is 27.4 Å². The number of sulfonamides is 1. The zero-order valence-corrected chi connectivity index (χ0v) is 21.5. The second-order valence-corrected chi connectivity index (χ2v) is 10.1. The highest BCUT2D eigenvalue weighted by atomic mass is 35.5. The van der Waals surface area contributed by atoms with Crippen LogP contribution in [0.15, 0.2) is 64.7 Å². The van der Waals surface area contributed by atoms with Crippen molar-refractivity contribution in [1.82, 2.24) is 19.9 Å². The van der Waals surface area contributed by atoms with Gasteiger partial charge in [-0.2, -0.15) is 0 Å². The van der Waals surface area contributed by atoms with Crippen molar-refractivity contribution in [3.8, 4) is 17.0 Å². The maximum Gasteiger partial charge on any atom is 0.263 e. The number of carbonyl (C=O) groups excluding carboxylic acids is 1. The van der Waals surface area contributed by atoms with Crippen LogP contribution in [0.3, 0.4) is 0 Å². The molecule has 1 amide bonds. The fourth-order valence-electron chi connectivity index (χ4n) is 3.64. The highest BCUT2D eigenvalue weighted by molar-refractivity contribution is 7.92. The fraction of sp³-hybridized carbons (Fsp3) is 0.167. The van der Waals surface area contributed by atoms with Crippen LogP contribution in [0, 0.1) is 5.82 Å². The Bertz CT molecular complexity index is 1710. The van der Waals surface area contributed by atoms with E-state index in [0.717, 1.165) is 22.8 Å². The van der Waals surface area contributed by atoms with Crippen LogP contribution in [0.1, 0.15) is 0 Å². The van der Waals surface area contributed by atoms with Crippen LogP contribution in [-0.4, -0.2) is 54.2 Å². The van der Waals surface area contributed by atoms with Gasteiger partial charge in [-0.25, -0.2) is 22.8 Å². The van der Waals surface area contributed by atoms with E-state index in [9.17, 15) is 27.5 Å². The lowest BCUT2D eigenvalue weighted by Gasteiger charge is -2.14. The van der Waals surface area contributed by atoms with Gasteiger partial charge < -0.3 is 15.2 Å². The maximum atomic E-state index is 13.4. The Morgan fingerprint density at radius 3 is 2.63 bits per heavy atom. The number of benzene rings is 2. The van der Waals surface area contributed by atoms with E-state index in [2.05, 4.69) is 20.0 Å². The summed E-state index contributed by atoms with van der Waals surface area (Å²) in [5.74, 6) is -1.38. The monoisotopic (exact) mass is 561 g/mol.